The van der Waals surface area contributed by atoms with E-state index < -0.39 is 0 Å². The molecule has 0 radical (unpaired) electrons. The molecule has 0 saturated heterocycles. The first kappa shape index (κ1) is 5.30. The molecule has 1 aliphatic carbocycles. The van der Waals surface area contributed by atoms with E-state index in [1.807, 2.05) is 6.26 Å². The Morgan fingerprint density at radius 2 is 2.67 bits per heavy atom. The summed E-state index contributed by atoms with van der Waals surface area (Å²) in [6, 6.07) is 0. The second kappa shape index (κ2) is 1.51. The second-order valence-electron chi connectivity index (χ2n) is 2.93. The van der Waals surface area contributed by atoms with Gasteiger partial charge in [-0.25, -0.2) is 0 Å². The lowest BCUT2D eigenvalue weighted by Gasteiger charge is -2.14. The Kier molecular flexibility index (Phi) is 0.887. The van der Waals surface area contributed by atoms with Crippen molar-refractivity contribution in [1.29, 1.82) is 0 Å². The van der Waals surface area contributed by atoms with Gasteiger partial charge < -0.3 is 10.5 Å². The molecule has 2 aliphatic rings. The van der Waals surface area contributed by atoms with Gasteiger partial charge in [-0.3, -0.25) is 0 Å². The van der Waals surface area contributed by atoms with Crippen LogP contribution in [0.5, 0.6) is 0 Å². The first-order valence-electron chi connectivity index (χ1n) is 3.39. The lowest BCUT2D eigenvalue weighted by Crippen LogP contribution is -2.19. The first-order chi connectivity index (χ1) is 4.37. The molecule has 2 heteroatoms. The minimum Gasteiger partial charge on any atom is -0.501 e. The molecule has 1 fully saturated rings. The highest BCUT2D eigenvalue weighted by Gasteiger charge is 2.49. The van der Waals surface area contributed by atoms with Crippen LogP contribution in [0.3, 0.4) is 0 Å². The van der Waals surface area contributed by atoms with Crippen molar-refractivity contribution < 1.29 is 4.74 Å². The van der Waals surface area contributed by atoms with Gasteiger partial charge in [-0.1, -0.05) is 0 Å². The van der Waals surface area contributed by atoms with Crippen molar-refractivity contribution in [2.45, 2.75) is 12.8 Å². The molecule has 9 heavy (non-hydrogen) atoms. The van der Waals surface area contributed by atoms with Gasteiger partial charge in [-0.2, -0.15) is 0 Å². The number of fused-ring (bicyclic) bond motifs is 1. The van der Waals surface area contributed by atoms with Crippen molar-refractivity contribution in [3.63, 3.8) is 0 Å². The molecule has 0 spiro atoms. The molecule has 50 valence electrons. The van der Waals surface area contributed by atoms with Crippen molar-refractivity contribution >= 4 is 0 Å². The maximum Gasteiger partial charge on any atom is 0.0882 e. The molecule has 1 unspecified atom stereocenters. The molecule has 1 saturated carbocycles. The van der Waals surface area contributed by atoms with Gasteiger partial charge in [0.1, 0.15) is 0 Å². The number of hydrogen-bond donors (Lipinski definition) is 1. The molecule has 2 rings (SSSR count). The van der Waals surface area contributed by atoms with E-state index in [0.29, 0.717) is 5.41 Å². The van der Waals surface area contributed by atoms with Gasteiger partial charge in [0.05, 0.1) is 12.9 Å². The van der Waals surface area contributed by atoms with Crippen LogP contribution < -0.4 is 5.73 Å². The highest BCUT2D eigenvalue weighted by atomic mass is 16.5. The molecule has 0 aromatic heterocycles. The summed E-state index contributed by atoms with van der Waals surface area (Å²) in [4.78, 5) is 0. The lowest BCUT2D eigenvalue weighted by atomic mass is 10.0. The molecule has 0 amide bonds. The summed E-state index contributed by atoms with van der Waals surface area (Å²) in [5.74, 6) is 0. The average Bonchev–Trinajstić information content (AvgIpc) is 2.62. The van der Waals surface area contributed by atoms with Crippen molar-refractivity contribution in [3.8, 4) is 0 Å². The van der Waals surface area contributed by atoms with E-state index in [9.17, 15) is 0 Å². The number of rotatable bonds is 1. The predicted octanol–water partition coefficient (Wildman–Crippen LogP) is 0.639. The fourth-order valence-corrected chi connectivity index (χ4v) is 1.46. The van der Waals surface area contributed by atoms with Crippen LogP contribution in [-0.4, -0.2) is 13.2 Å². The normalized spacial score (nSPS) is 38.6. The van der Waals surface area contributed by atoms with Crippen LogP contribution in [0.4, 0.5) is 0 Å². The maximum atomic E-state index is 5.58. The van der Waals surface area contributed by atoms with Gasteiger partial charge in [-0.15, -0.1) is 0 Å². The van der Waals surface area contributed by atoms with E-state index in [4.69, 9.17) is 10.5 Å². The van der Waals surface area contributed by atoms with E-state index in [1.54, 1.807) is 0 Å². The van der Waals surface area contributed by atoms with E-state index >= 15 is 0 Å². The van der Waals surface area contributed by atoms with Gasteiger partial charge in [-0.05, 0) is 18.4 Å². The zero-order valence-electron chi connectivity index (χ0n) is 5.39. The highest BCUT2D eigenvalue weighted by Crippen LogP contribution is 2.55. The van der Waals surface area contributed by atoms with Gasteiger partial charge in [0.15, 0.2) is 0 Å². The van der Waals surface area contributed by atoms with Crippen LogP contribution in [0.25, 0.3) is 0 Å². The minimum atomic E-state index is 0.401. The summed E-state index contributed by atoms with van der Waals surface area (Å²) in [5, 5.41) is 0. The topological polar surface area (TPSA) is 35.2 Å². The number of hydrogen-bond acceptors (Lipinski definition) is 2. The zero-order valence-corrected chi connectivity index (χ0v) is 5.39. The summed E-state index contributed by atoms with van der Waals surface area (Å²) in [6.07, 6.45) is 4.20. The number of ether oxygens (including phenoxy) is 1. The molecule has 1 atom stereocenters. The zero-order chi connectivity index (χ0) is 6.32. The van der Waals surface area contributed by atoms with Crippen LogP contribution in [0.2, 0.25) is 0 Å². The van der Waals surface area contributed by atoms with Gasteiger partial charge in [0, 0.05) is 12.0 Å². The van der Waals surface area contributed by atoms with Crippen molar-refractivity contribution in [1.82, 2.24) is 0 Å². The van der Waals surface area contributed by atoms with Crippen molar-refractivity contribution in [2.24, 2.45) is 11.1 Å². The summed E-state index contributed by atoms with van der Waals surface area (Å²) < 4.78 is 5.13. The fraction of sp³-hybridized carbons (Fsp3) is 0.714. The first-order valence-corrected chi connectivity index (χ1v) is 3.39. The van der Waals surface area contributed by atoms with Crippen molar-refractivity contribution in [3.05, 3.63) is 11.8 Å². The molecule has 0 bridgehead atoms. The predicted molar refractivity (Wildman–Crippen MR) is 34.8 cm³/mol. The Bertz CT molecular complexity index is 164. The lowest BCUT2D eigenvalue weighted by molar-refractivity contribution is 0.202. The third kappa shape index (κ3) is 0.597. The Morgan fingerprint density at radius 3 is 3.22 bits per heavy atom. The van der Waals surface area contributed by atoms with E-state index in [2.05, 4.69) is 0 Å². The quantitative estimate of drug-likeness (QED) is 0.558. The Labute approximate surface area is 54.7 Å². The summed E-state index contributed by atoms with van der Waals surface area (Å²) in [6.45, 7) is 1.67. The molecule has 0 aromatic carbocycles. The molecule has 2 N–H and O–H groups in total. The Hall–Kier alpha value is -0.500. The monoisotopic (exact) mass is 125 g/mol. The Morgan fingerprint density at radius 1 is 1.78 bits per heavy atom. The smallest absolute Gasteiger partial charge is 0.0882 e. The van der Waals surface area contributed by atoms with Gasteiger partial charge >= 0.3 is 0 Å². The van der Waals surface area contributed by atoms with Gasteiger partial charge in [0.25, 0.3) is 0 Å². The van der Waals surface area contributed by atoms with Crippen LogP contribution in [0, 0.1) is 5.41 Å². The minimum absolute atomic E-state index is 0.401. The molecule has 1 heterocycles. The van der Waals surface area contributed by atoms with E-state index in [0.717, 1.165) is 19.6 Å². The summed E-state index contributed by atoms with van der Waals surface area (Å²) >= 11 is 0. The molecular formula is C7H11NO. The molecule has 2 nitrogen and oxygen atoms in total. The van der Waals surface area contributed by atoms with E-state index in [1.165, 1.54) is 12.0 Å². The van der Waals surface area contributed by atoms with Gasteiger partial charge in [0.2, 0.25) is 0 Å². The van der Waals surface area contributed by atoms with Crippen LogP contribution in [-0.2, 0) is 4.74 Å². The highest BCUT2D eigenvalue weighted by molar-refractivity contribution is 5.33. The molecule has 1 aliphatic heterocycles. The standard InChI is InChI=1S/C7H11NO/c8-5-7-1-2-9-4-6(7)3-7/h4H,1-3,5,8H2. The number of nitrogens with two attached hydrogens (primary N) is 1. The largest absolute Gasteiger partial charge is 0.501 e. The average molecular weight is 125 g/mol. The maximum absolute atomic E-state index is 5.58. The van der Waals surface area contributed by atoms with Crippen LogP contribution in [0.15, 0.2) is 11.8 Å². The second-order valence-corrected chi connectivity index (χ2v) is 2.93. The summed E-state index contributed by atoms with van der Waals surface area (Å²) in [7, 11) is 0. The third-order valence-corrected chi connectivity index (χ3v) is 2.40. The molecule has 0 aromatic rings. The third-order valence-electron chi connectivity index (χ3n) is 2.40. The molecular weight excluding hydrogens is 114 g/mol. The van der Waals surface area contributed by atoms with Crippen LogP contribution >= 0.6 is 0 Å². The Balaban J connectivity index is 2.18. The summed E-state index contributed by atoms with van der Waals surface area (Å²) in [5.41, 5.74) is 7.41. The SMILES string of the molecule is NCC12CCOC=C1C2. The fourth-order valence-electron chi connectivity index (χ4n) is 1.46. The van der Waals surface area contributed by atoms with Crippen molar-refractivity contribution in [2.75, 3.05) is 13.2 Å². The van der Waals surface area contributed by atoms with E-state index in [-0.39, 0.29) is 0 Å². The van der Waals surface area contributed by atoms with Crippen LogP contribution in [0.1, 0.15) is 12.8 Å².